The van der Waals surface area contributed by atoms with Gasteiger partial charge in [-0.1, -0.05) is 23.2 Å². The molecule has 0 aliphatic rings. The summed E-state index contributed by atoms with van der Waals surface area (Å²) in [6, 6.07) is 3.47. The molecular formula is C14H21Cl2NO3. The van der Waals surface area contributed by atoms with Gasteiger partial charge in [-0.05, 0) is 25.0 Å². The lowest BCUT2D eigenvalue weighted by Crippen LogP contribution is -2.46. The molecule has 1 rings (SSSR count). The third-order valence-corrected chi connectivity index (χ3v) is 3.80. The first-order chi connectivity index (χ1) is 9.45. The molecule has 0 aliphatic heterocycles. The lowest BCUT2D eigenvalue weighted by Gasteiger charge is -2.30. The van der Waals surface area contributed by atoms with Gasteiger partial charge in [0.15, 0.2) is 0 Å². The Morgan fingerprint density at radius 2 is 1.95 bits per heavy atom. The number of ether oxygens (including phenoxy) is 2. The average molecular weight is 322 g/mol. The van der Waals surface area contributed by atoms with Crippen LogP contribution in [0.3, 0.4) is 0 Å². The standard InChI is InChI=1S/C14H21Cl2NO3/c1-14(4-5-18,9-19-2)17-8-10-6-12(16)13(20-3)7-11(10)15/h6-7,17-18H,4-5,8-9H2,1-3H3. The fourth-order valence-electron chi connectivity index (χ4n) is 1.95. The predicted octanol–water partition coefficient (Wildman–Crippen LogP) is 2.88. The Balaban J connectivity index is 2.80. The highest BCUT2D eigenvalue weighted by atomic mass is 35.5. The van der Waals surface area contributed by atoms with Crippen molar-refractivity contribution < 1.29 is 14.6 Å². The third kappa shape index (κ3) is 4.79. The Morgan fingerprint density at radius 1 is 1.25 bits per heavy atom. The summed E-state index contributed by atoms with van der Waals surface area (Å²) in [5.74, 6) is 0.551. The van der Waals surface area contributed by atoms with E-state index >= 15 is 0 Å². The molecule has 0 saturated heterocycles. The summed E-state index contributed by atoms with van der Waals surface area (Å²) in [6.45, 7) is 3.10. The first-order valence-corrected chi connectivity index (χ1v) is 7.08. The molecule has 0 amide bonds. The van der Waals surface area contributed by atoms with Gasteiger partial charge in [-0.2, -0.15) is 0 Å². The van der Waals surface area contributed by atoms with Crippen LogP contribution in [0, 0.1) is 0 Å². The quantitative estimate of drug-likeness (QED) is 0.773. The van der Waals surface area contributed by atoms with Gasteiger partial charge < -0.3 is 19.9 Å². The van der Waals surface area contributed by atoms with Crippen LogP contribution in [-0.4, -0.2) is 38.1 Å². The van der Waals surface area contributed by atoms with Crippen LogP contribution in [0.2, 0.25) is 10.0 Å². The first-order valence-electron chi connectivity index (χ1n) is 6.32. The number of aliphatic hydroxyl groups excluding tert-OH is 1. The summed E-state index contributed by atoms with van der Waals surface area (Å²) < 4.78 is 10.3. The summed E-state index contributed by atoms with van der Waals surface area (Å²) in [7, 11) is 3.18. The van der Waals surface area contributed by atoms with E-state index in [2.05, 4.69) is 5.32 Å². The van der Waals surface area contributed by atoms with E-state index in [9.17, 15) is 0 Å². The Morgan fingerprint density at radius 3 is 2.50 bits per heavy atom. The number of hydrogen-bond donors (Lipinski definition) is 2. The van der Waals surface area contributed by atoms with Gasteiger partial charge >= 0.3 is 0 Å². The largest absolute Gasteiger partial charge is 0.495 e. The van der Waals surface area contributed by atoms with Crippen LogP contribution in [-0.2, 0) is 11.3 Å². The summed E-state index contributed by atoms with van der Waals surface area (Å²) in [5.41, 5.74) is 0.553. The molecule has 20 heavy (non-hydrogen) atoms. The molecule has 1 aromatic carbocycles. The minimum Gasteiger partial charge on any atom is -0.495 e. The maximum atomic E-state index is 9.13. The molecule has 1 atom stereocenters. The van der Waals surface area contributed by atoms with E-state index in [0.29, 0.717) is 35.4 Å². The Labute approximate surface area is 130 Å². The molecule has 1 aromatic rings. The van der Waals surface area contributed by atoms with Gasteiger partial charge in [0.25, 0.3) is 0 Å². The second-order valence-electron chi connectivity index (χ2n) is 4.90. The number of nitrogens with one attached hydrogen (secondary N) is 1. The average Bonchev–Trinajstić information content (AvgIpc) is 2.40. The number of hydrogen-bond acceptors (Lipinski definition) is 4. The molecule has 0 radical (unpaired) electrons. The second-order valence-corrected chi connectivity index (χ2v) is 5.71. The van der Waals surface area contributed by atoms with E-state index in [1.54, 1.807) is 26.4 Å². The highest BCUT2D eigenvalue weighted by molar-refractivity contribution is 6.34. The van der Waals surface area contributed by atoms with Crippen molar-refractivity contribution in [2.75, 3.05) is 27.4 Å². The lowest BCUT2D eigenvalue weighted by molar-refractivity contribution is 0.0970. The maximum Gasteiger partial charge on any atom is 0.138 e. The maximum absolute atomic E-state index is 9.13. The lowest BCUT2D eigenvalue weighted by atomic mass is 9.99. The molecule has 2 N–H and O–H groups in total. The monoisotopic (exact) mass is 321 g/mol. The smallest absolute Gasteiger partial charge is 0.138 e. The zero-order valence-electron chi connectivity index (χ0n) is 12.0. The van der Waals surface area contributed by atoms with Crippen LogP contribution in [0.1, 0.15) is 18.9 Å². The number of methoxy groups -OCH3 is 2. The van der Waals surface area contributed by atoms with E-state index in [4.69, 9.17) is 37.8 Å². The summed E-state index contributed by atoms with van der Waals surface area (Å²) in [5, 5.41) is 13.6. The molecule has 0 aromatic heterocycles. The molecule has 1 unspecified atom stereocenters. The van der Waals surface area contributed by atoms with Crippen molar-refractivity contribution in [2.24, 2.45) is 0 Å². The molecule has 0 spiro atoms. The van der Waals surface area contributed by atoms with Crippen LogP contribution in [0.5, 0.6) is 5.75 Å². The van der Waals surface area contributed by atoms with E-state index in [1.165, 1.54) is 0 Å². The zero-order chi connectivity index (χ0) is 15.2. The number of benzene rings is 1. The van der Waals surface area contributed by atoms with Crippen LogP contribution in [0.25, 0.3) is 0 Å². The molecular weight excluding hydrogens is 301 g/mol. The van der Waals surface area contributed by atoms with E-state index in [-0.39, 0.29) is 12.1 Å². The van der Waals surface area contributed by atoms with Crippen molar-refractivity contribution in [3.05, 3.63) is 27.7 Å². The van der Waals surface area contributed by atoms with Gasteiger partial charge in [0.2, 0.25) is 0 Å². The van der Waals surface area contributed by atoms with Crippen molar-refractivity contribution in [1.29, 1.82) is 0 Å². The zero-order valence-corrected chi connectivity index (χ0v) is 13.5. The fraction of sp³-hybridized carbons (Fsp3) is 0.571. The SMILES string of the molecule is COCC(C)(CCO)NCc1cc(Cl)c(OC)cc1Cl. The van der Waals surface area contributed by atoms with Crippen LogP contribution in [0.4, 0.5) is 0 Å². The van der Waals surface area contributed by atoms with Crippen LogP contribution in [0.15, 0.2) is 12.1 Å². The highest BCUT2D eigenvalue weighted by Gasteiger charge is 2.23. The van der Waals surface area contributed by atoms with Gasteiger partial charge in [-0.25, -0.2) is 0 Å². The molecule has 0 aliphatic carbocycles. The highest BCUT2D eigenvalue weighted by Crippen LogP contribution is 2.31. The molecule has 0 fully saturated rings. The van der Waals surface area contributed by atoms with E-state index in [1.807, 2.05) is 6.92 Å². The van der Waals surface area contributed by atoms with Crippen LogP contribution >= 0.6 is 23.2 Å². The number of aliphatic hydroxyl groups is 1. The van der Waals surface area contributed by atoms with Crippen molar-refractivity contribution in [2.45, 2.75) is 25.4 Å². The minimum absolute atomic E-state index is 0.0873. The second kappa shape index (κ2) is 8.05. The minimum atomic E-state index is -0.320. The van der Waals surface area contributed by atoms with Gasteiger partial charge in [0.1, 0.15) is 5.75 Å². The van der Waals surface area contributed by atoms with Gasteiger partial charge in [-0.15, -0.1) is 0 Å². The molecule has 0 saturated carbocycles. The van der Waals surface area contributed by atoms with Crippen molar-refractivity contribution in [3.63, 3.8) is 0 Å². The first kappa shape index (κ1) is 17.5. The summed E-state index contributed by atoms with van der Waals surface area (Å²) in [4.78, 5) is 0. The van der Waals surface area contributed by atoms with E-state index in [0.717, 1.165) is 5.56 Å². The predicted molar refractivity (Wildman–Crippen MR) is 81.8 cm³/mol. The van der Waals surface area contributed by atoms with Crippen molar-refractivity contribution in [1.82, 2.24) is 5.32 Å². The van der Waals surface area contributed by atoms with Gasteiger partial charge in [-0.3, -0.25) is 0 Å². The normalized spacial score (nSPS) is 14.1. The van der Waals surface area contributed by atoms with Crippen molar-refractivity contribution >= 4 is 23.2 Å². The van der Waals surface area contributed by atoms with Gasteiger partial charge in [0, 0.05) is 36.9 Å². The van der Waals surface area contributed by atoms with Gasteiger partial charge in [0.05, 0.1) is 18.7 Å². The third-order valence-electron chi connectivity index (χ3n) is 3.15. The fourth-order valence-corrected chi connectivity index (χ4v) is 2.43. The number of rotatable bonds is 8. The summed E-state index contributed by atoms with van der Waals surface area (Å²) in [6.07, 6.45) is 0.586. The topological polar surface area (TPSA) is 50.7 Å². The Hall–Kier alpha value is -0.520. The molecule has 6 heteroatoms. The summed E-state index contributed by atoms with van der Waals surface area (Å²) >= 11 is 12.3. The molecule has 0 heterocycles. The van der Waals surface area contributed by atoms with E-state index < -0.39 is 0 Å². The number of halogens is 2. The Kier molecular flexibility index (Phi) is 7.06. The molecule has 114 valence electrons. The van der Waals surface area contributed by atoms with Crippen molar-refractivity contribution in [3.8, 4) is 5.75 Å². The van der Waals surface area contributed by atoms with Crippen LogP contribution < -0.4 is 10.1 Å². The Bertz CT molecular complexity index is 435. The molecule has 4 nitrogen and oxygen atoms in total. The molecule has 0 bridgehead atoms.